The number of carbonyl (C=O) groups excluding carboxylic acids is 7. The Morgan fingerprint density at radius 3 is 2.25 bits per heavy atom. The van der Waals surface area contributed by atoms with Crippen molar-refractivity contribution in [3.05, 3.63) is 113 Å². The molecule has 0 bridgehead atoms. The van der Waals surface area contributed by atoms with Gasteiger partial charge in [0.1, 0.15) is 48.3 Å². The summed E-state index contributed by atoms with van der Waals surface area (Å²) in [6, 6.07) is 17.7. The number of benzene rings is 3. The Morgan fingerprint density at radius 1 is 0.745 bits per heavy atom. The Kier molecular flexibility index (Phi) is 24.4. The molecule has 3 aliphatic carbocycles. The third-order valence-electron chi connectivity index (χ3n) is 23.2. The number of hydrogen-bond donors (Lipinski definition) is 8. The number of fused-ring (bicyclic) bond motifs is 2. The molecule has 1 spiro atoms. The first-order valence-electron chi connectivity index (χ1n) is 37.7. The molecule has 8 atom stereocenters. The smallest absolute Gasteiger partial charge is 0.246 e. The molecule has 1 aromatic heterocycles. The van der Waals surface area contributed by atoms with Gasteiger partial charge in [0.15, 0.2) is 0 Å². The van der Waals surface area contributed by atoms with E-state index in [4.69, 9.17) is 4.74 Å². The van der Waals surface area contributed by atoms with E-state index in [-0.39, 0.29) is 109 Å². The first kappa shape index (κ1) is 73.9. The van der Waals surface area contributed by atoms with Crippen molar-refractivity contribution in [1.29, 1.82) is 0 Å². The maximum absolute atomic E-state index is 15.8. The van der Waals surface area contributed by atoms with Crippen LogP contribution in [0.3, 0.4) is 0 Å². The van der Waals surface area contributed by atoms with Gasteiger partial charge < -0.3 is 66.9 Å². The number of piperazine rings is 1. The highest BCUT2D eigenvalue weighted by atomic mass is 19.1. The topological polar surface area (TPSA) is 267 Å². The van der Waals surface area contributed by atoms with Gasteiger partial charge in [-0.2, -0.15) is 0 Å². The largest absolute Gasteiger partial charge is 0.368 e. The number of amides is 7. The molecule has 8 aliphatic rings. The Labute approximate surface area is 599 Å². The van der Waals surface area contributed by atoms with Gasteiger partial charge in [-0.25, -0.2) is 18.7 Å². The number of rotatable bonds is 27. The van der Waals surface area contributed by atoms with E-state index in [1.165, 1.54) is 24.0 Å². The minimum absolute atomic E-state index is 0.00172. The van der Waals surface area contributed by atoms with Gasteiger partial charge in [-0.1, -0.05) is 81.6 Å². The second-order valence-electron chi connectivity index (χ2n) is 31.2. The van der Waals surface area contributed by atoms with Gasteiger partial charge in [0.2, 0.25) is 41.4 Å². The first-order chi connectivity index (χ1) is 49.2. The number of aryl methyl sites for hydroxylation is 1. The summed E-state index contributed by atoms with van der Waals surface area (Å²) in [5.74, 6) is -0.492. The molecular formula is C77H107F2N15O8. The quantitative estimate of drug-likeness (QED) is 0.0294. The number of halogens is 2. The Morgan fingerprint density at radius 2 is 1.49 bits per heavy atom. The zero-order valence-electron chi connectivity index (χ0n) is 60.1. The van der Waals surface area contributed by atoms with Crippen LogP contribution in [0.4, 0.5) is 26.1 Å². The Hall–Kier alpha value is -7.87. The number of anilines is 3. The fourth-order valence-corrected chi connectivity index (χ4v) is 17.0. The van der Waals surface area contributed by atoms with E-state index in [0.717, 1.165) is 139 Å². The number of piperidine rings is 2. The summed E-state index contributed by atoms with van der Waals surface area (Å²) >= 11 is 0. The lowest BCUT2D eigenvalue weighted by Crippen LogP contribution is -2.66. The van der Waals surface area contributed by atoms with Gasteiger partial charge >= 0.3 is 0 Å². The highest BCUT2D eigenvalue weighted by Crippen LogP contribution is 2.41. The fourth-order valence-electron chi connectivity index (χ4n) is 17.0. The number of nitrogens with zero attached hydrogens (tertiary/aromatic N) is 7. The standard InChI is InChI=1S/C77H107F2N15O8/c1-50(80-4)73(99)88-72(54-16-6-5-7-17-54)75(101)94-45-58(37-65(94)74(100)87-63-20-11-18-53-15-8-9-19-60(53)63)86-69(96)22-21-68(95)81-27-12-28-91-42-55-34-59(35-56(55)43-91)102-47-71(98)83-41-52-14-10-13-51(33-52)40-82-66-39-67(85-49-84-66)92-31-25-77(26-32-92)48-93(46-70(97)89-77)64-38-61(78)57(36-62(64)79)44-90-29-23-76(2,3)24-30-90/h8-10,13-15,19,33,36,38-39,49-50,54-56,58-59,63,65,72,80H,5-7,11-12,16-18,20-32,34-35,37,40-48H2,1-4H3,(H,81,95)(H,83,98)(H,86,96)(H,87,100)(H,88,99)(H,89,97)(H,82,84,85)/t50-,55-,56+,58-,59?,63-,65-,72-/m0/s1. The van der Waals surface area contributed by atoms with Crippen LogP contribution in [0, 0.1) is 34.8 Å². The summed E-state index contributed by atoms with van der Waals surface area (Å²) in [6.07, 6.45) is 14.7. The second kappa shape index (κ2) is 33.7. The molecule has 0 radical (unpaired) electrons. The highest BCUT2D eigenvalue weighted by molar-refractivity contribution is 5.94. The molecule has 2 saturated carbocycles. The average Bonchev–Trinajstić information content (AvgIpc) is 0.881. The lowest BCUT2D eigenvalue weighted by atomic mass is 9.82. The first-order valence-corrected chi connectivity index (χ1v) is 37.7. The number of aromatic nitrogens is 2. The predicted octanol–water partition coefficient (Wildman–Crippen LogP) is 6.55. The molecule has 6 heterocycles. The van der Waals surface area contributed by atoms with Gasteiger partial charge in [0.25, 0.3) is 0 Å². The SMILES string of the molecule is CN[C@@H](C)C(=O)N[C@H](C(=O)N1C[C@@H](NC(=O)CCC(=O)NCCCN2C[C@H]3CC(OCC(=O)NCc4cccc(CNc5cc(N6CCC7(CC6)CN(c6cc(F)c(CN8CCC(C)(C)CC8)cc6F)CC(=O)N7)ncn5)c4)C[C@H]3C2)C[C@H]1C(=O)N[C@H]1CCCc2ccccc21)C1CCCCC1. The summed E-state index contributed by atoms with van der Waals surface area (Å²) in [5, 5.41) is 25.0. The fraction of sp³-hybridized carbons (Fsp3) is 0.623. The van der Waals surface area contributed by atoms with Crippen LogP contribution in [0.25, 0.3) is 0 Å². The number of likely N-dealkylation sites (tertiary alicyclic amines) is 3. The lowest BCUT2D eigenvalue weighted by Gasteiger charge is -2.48. The molecule has 3 aromatic carbocycles. The molecule has 12 rings (SSSR count). The van der Waals surface area contributed by atoms with Crippen LogP contribution in [0.5, 0.6) is 0 Å². The number of nitrogens with one attached hydrogen (secondary N) is 8. The van der Waals surface area contributed by atoms with E-state index < -0.39 is 41.3 Å². The molecule has 102 heavy (non-hydrogen) atoms. The van der Waals surface area contributed by atoms with Crippen molar-refractivity contribution in [2.75, 3.05) is 101 Å². The molecular weight excluding hydrogens is 1300 g/mol. The lowest BCUT2D eigenvalue weighted by molar-refractivity contribution is -0.143. The zero-order valence-corrected chi connectivity index (χ0v) is 60.1. The normalized spacial score (nSPS) is 24.1. The van der Waals surface area contributed by atoms with Crippen molar-refractivity contribution in [3.63, 3.8) is 0 Å². The molecule has 1 unspecified atom stereocenters. The molecule has 7 amide bonds. The second-order valence-corrected chi connectivity index (χ2v) is 31.2. The van der Waals surface area contributed by atoms with Crippen molar-refractivity contribution in [2.45, 2.75) is 198 Å². The number of ether oxygens (including phenoxy) is 1. The van der Waals surface area contributed by atoms with E-state index in [1.54, 1.807) is 23.8 Å². The number of carbonyl (C=O) groups is 7. The summed E-state index contributed by atoms with van der Waals surface area (Å²) in [7, 11) is 1.70. The van der Waals surface area contributed by atoms with Crippen LogP contribution >= 0.6 is 0 Å². The maximum atomic E-state index is 15.8. The number of likely N-dealkylation sites (N-methyl/N-ethyl adjacent to an activating group) is 1. The van der Waals surface area contributed by atoms with Crippen LogP contribution in [0.2, 0.25) is 0 Å². The van der Waals surface area contributed by atoms with E-state index in [0.29, 0.717) is 81.9 Å². The average molecular weight is 1410 g/mol. The van der Waals surface area contributed by atoms with Gasteiger partial charge in [0.05, 0.1) is 36.0 Å². The van der Waals surface area contributed by atoms with Crippen LogP contribution in [0.1, 0.15) is 164 Å². The maximum Gasteiger partial charge on any atom is 0.246 e. The molecule has 8 N–H and O–H groups in total. The van der Waals surface area contributed by atoms with Gasteiger partial charge in [0, 0.05) is 102 Å². The Bertz CT molecular complexity index is 3600. The molecule has 5 saturated heterocycles. The van der Waals surface area contributed by atoms with Gasteiger partial charge in [-0.15, -0.1) is 0 Å². The molecule has 5 aliphatic heterocycles. The molecule has 23 nitrogen and oxygen atoms in total. The monoisotopic (exact) mass is 1410 g/mol. The summed E-state index contributed by atoms with van der Waals surface area (Å²) in [5.41, 5.74) is 4.35. The third kappa shape index (κ3) is 19.1. The number of hydrogen-bond acceptors (Lipinski definition) is 16. The zero-order chi connectivity index (χ0) is 71.5. The van der Waals surface area contributed by atoms with E-state index >= 15 is 8.78 Å². The molecule has 552 valence electrons. The molecule has 25 heteroatoms. The summed E-state index contributed by atoms with van der Waals surface area (Å²) in [4.78, 5) is 114. The van der Waals surface area contributed by atoms with Crippen LogP contribution < -0.4 is 52.3 Å². The van der Waals surface area contributed by atoms with Gasteiger partial charge in [-0.05, 0) is 169 Å². The van der Waals surface area contributed by atoms with E-state index in [1.807, 2.05) is 48.5 Å². The third-order valence-corrected chi connectivity index (χ3v) is 23.2. The summed E-state index contributed by atoms with van der Waals surface area (Å²) in [6.45, 7) is 13.9. The minimum atomic E-state index is -0.857. The summed E-state index contributed by atoms with van der Waals surface area (Å²) < 4.78 is 37.6. The predicted molar refractivity (Wildman–Crippen MR) is 385 cm³/mol. The minimum Gasteiger partial charge on any atom is -0.368 e. The van der Waals surface area contributed by atoms with Crippen molar-refractivity contribution >= 4 is 58.7 Å². The van der Waals surface area contributed by atoms with Crippen molar-refractivity contribution in [2.24, 2.45) is 23.2 Å². The van der Waals surface area contributed by atoms with E-state index in [2.05, 4.69) is 87.1 Å². The van der Waals surface area contributed by atoms with Crippen LogP contribution in [-0.4, -0.2) is 187 Å². The van der Waals surface area contributed by atoms with Crippen molar-refractivity contribution in [1.82, 2.24) is 61.9 Å². The Balaban J connectivity index is 0.524. The van der Waals surface area contributed by atoms with Crippen molar-refractivity contribution < 1.29 is 47.1 Å². The van der Waals surface area contributed by atoms with E-state index in [9.17, 15) is 33.6 Å². The molecule has 4 aromatic rings. The highest BCUT2D eigenvalue weighted by Gasteiger charge is 2.47. The van der Waals surface area contributed by atoms with Crippen LogP contribution in [0.15, 0.2) is 73.1 Å². The molecule has 7 fully saturated rings. The van der Waals surface area contributed by atoms with Gasteiger partial charge in [-0.3, -0.25) is 38.5 Å². The van der Waals surface area contributed by atoms with Crippen LogP contribution in [-0.2, 0) is 64.4 Å². The van der Waals surface area contributed by atoms with Crippen molar-refractivity contribution in [3.8, 4) is 0 Å².